The number of hydrogen-bond acceptors (Lipinski definition) is 4. The molecule has 2 heterocycles. The summed E-state index contributed by atoms with van der Waals surface area (Å²) in [7, 11) is -2.85. The number of hydrogen-bond donors (Lipinski definition) is 1. The molecule has 0 aliphatic carbocycles. The third-order valence-electron chi connectivity index (χ3n) is 3.44. The molecular weight excluding hydrogens is 250 g/mol. The van der Waals surface area contributed by atoms with Crippen molar-refractivity contribution in [2.45, 2.75) is 39.3 Å². The molecule has 1 N–H and O–H groups in total. The number of nitrogens with zero attached hydrogens (tertiary/aromatic N) is 2. The van der Waals surface area contributed by atoms with E-state index in [2.05, 4.69) is 17.3 Å². The maximum atomic E-state index is 11.5. The number of sulfone groups is 1. The lowest BCUT2D eigenvalue weighted by Gasteiger charge is -2.11. The average molecular weight is 271 g/mol. The van der Waals surface area contributed by atoms with E-state index in [1.54, 1.807) is 0 Å². The molecule has 0 bridgehead atoms. The third-order valence-corrected chi connectivity index (χ3v) is 5.19. The van der Waals surface area contributed by atoms with E-state index in [9.17, 15) is 8.42 Å². The van der Waals surface area contributed by atoms with Crippen molar-refractivity contribution in [3.63, 3.8) is 0 Å². The van der Waals surface area contributed by atoms with Crippen molar-refractivity contribution in [2.75, 3.05) is 18.1 Å². The van der Waals surface area contributed by atoms with Crippen LogP contribution in [0.1, 0.15) is 37.1 Å². The van der Waals surface area contributed by atoms with Crippen LogP contribution in [0.2, 0.25) is 0 Å². The molecule has 102 valence electrons. The molecule has 1 aliphatic rings. The van der Waals surface area contributed by atoms with E-state index in [1.807, 2.05) is 17.8 Å². The Hall–Kier alpha value is -0.880. The predicted molar refractivity (Wildman–Crippen MR) is 71.3 cm³/mol. The topological polar surface area (TPSA) is 64.0 Å². The highest BCUT2D eigenvalue weighted by atomic mass is 32.2. The molecule has 1 fully saturated rings. The second-order valence-electron chi connectivity index (χ2n) is 4.93. The monoisotopic (exact) mass is 271 g/mol. The van der Waals surface area contributed by atoms with Crippen LogP contribution in [0.5, 0.6) is 0 Å². The van der Waals surface area contributed by atoms with Crippen molar-refractivity contribution >= 4 is 9.84 Å². The molecule has 1 saturated heterocycles. The molecular formula is C12H21N3O2S. The minimum absolute atomic E-state index is 0.0231. The Bertz CT molecular complexity index is 507. The highest BCUT2D eigenvalue weighted by molar-refractivity contribution is 7.91. The van der Waals surface area contributed by atoms with Crippen LogP contribution in [0.4, 0.5) is 0 Å². The quantitative estimate of drug-likeness (QED) is 0.813. The van der Waals surface area contributed by atoms with Crippen molar-refractivity contribution in [1.82, 2.24) is 15.1 Å². The molecule has 6 heteroatoms. The first-order chi connectivity index (χ1) is 8.53. The summed E-state index contributed by atoms with van der Waals surface area (Å²) in [5.41, 5.74) is 2.24. The van der Waals surface area contributed by atoms with E-state index in [-0.39, 0.29) is 11.8 Å². The van der Waals surface area contributed by atoms with E-state index in [1.165, 1.54) is 0 Å². The molecule has 18 heavy (non-hydrogen) atoms. The van der Waals surface area contributed by atoms with Crippen molar-refractivity contribution in [1.29, 1.82) is 0 Å². The zero-order valence-electron chi connectivity index (χ0n) is 11.0. The van der Waals surface area contributed by atoms with Crippen molar-refractivity contribution < 1.29 is 8.42 Å². The Balaban J connectivity index is 2.06. The second-order valence-corrected chi connectivity index (χ2v) is 7.16. The van der Waals surface area contributed by atoms with Gasteiger partial charge in [0.15, 0.2) is 9.84 Å². The number of aromatic nitrogens is 2. The van der Waals surface area contributed by atoms with Crippen LogP contribution in [0.25, 0.3) is 0 Å². The van der Waals surface area contributed by atoms with Crippen LogP contribution < -0.4 is 5.32 Å². The number of rotatable bonds is 5. The van der Waals surface area contributed by atoms with E-state index in [4.69, 9.17) is 0 Å². The number of nitrogens with one attached hydrogen (secondary N) is 1. The van der Waals surface area contributed by atoms with Gasteiger partial charge in [0.05, 0.1) is 23.7 Å². The van der Waals surface area contributed by atoms with E-state index >= 15 is 0 Å². The smallest absolute Gasteiger partial charge is 0.152 e. The van der Waals surface area contributed by atoms with Gasteiger partial charge in [-0.2, -0.15) is 5.10 Å². The van der Waals surface area contributed by atoms with Crippen LogP contribution in [0.3, 0.4) is 0 Å². The largest absolute Gasteiger partial charge is 0.313 e. The highest BCUT2D eigenvalue weighted by Gasteiger charge is 2.30. The van der Waals surface area contributed by atoms with Gasteiger partial charge in [-0.3, -0.25) is 4.68 Å². The second kappa shape index (κ2) is 5.40. The first kappa shape index (κ1) is 13.5. The molecule has 1 unspecified atom stereocenters. The van der Waals surface area contributed by atoms with Crippen LogP contribution in [0.15, 0.2) is 6.20 Å². The lowest BCUT2D eigenvalue weighted by atomic mass is 10.2. The van der Waals surface area contributed by atoms with Gasteiger partial charge >= 0.3 is 0 Å². The molecule has 5 nitrogen and oxygen atoms in total. The zero-order valence-corrected chi connectivity index (χ0v) is 11.8. The average Bonchev–Trinajstić information content (AvgIpc) is 2.83. The Labute approximate surface area is 108 Å². The lowest BCUT2D eigenvalue weighted by Crippen LogP contribution is -2.16. The van der Waals surface area contributed by atoms with Crippen molar-refractivity contribution in [3.8, 4) is 0 Å². The summed E-state index contributed by atoms with van der Waals surface area (Å²) in [6.07, 6.45) is 3.64. The molecule has 0 saturated carbocycles. The van der Waals surface area contributed by atoms with Gasteiger partial charge in [-0.05, 0) is 26.3 Å². The molecule has 1 aromatic heterocycles. The van der Waals surface area contributed by atoms with Crippen LogP contribution in [0, 0.1) is 6.92 Å². The fourth-order valence-electron chi connectivity index (χ4n) is 2.37. The Morgan fingerprint density at radius 1 is 1.56 bits per heavy atom. The summed E-state index contributed by atoms with van der Waals surface area (Å²) in [6, 6.07) is 0.0231. The summed E-state index contributed by atoms with van der Waals surface area (Å²) in [5.74, 6) is 0.526. The van der Waals surface area contributed by atoms with Gasteiger partial charge in [0.25, 0.3) is 0 Å². The fourth-order valence-corrected chi connectivity index (χ4v) is 4.06. The molecule has 0 radical (unpaired) electrons. The first-order valence-electron chi connectivity index (χ1n) is 6.47. The van der Waals surface area contributed by atoms with Gasteiger partial charge in [0.1, 0.15) is 0 Å². The maximum absolute atomic E-state index is 11.5. The van der Waals surface area contributed by atoms with E-state index < -0.39 is 9.84 Å². The zero-order chi connectivity index (χ0) is 13.2. The summed E-state index contributed by atoms with van der Waals surface area (Å²) < 4.78 is 24.9. The minimum Gasteiger partial charge on any atom is -0.313 e. The summed E-state index contributed by atoms with van der Waals surface area (Å²) in [4.78, 5) is 0. The van der Waals surface area contributed by atoms with Crippen LogP contribution in [-0.2, 0) is 16.4 Å². The van der Waals surface area contributed by atoms with Gasteiger partial charge in [-0.25, -0.2) is 8.42 Å². The molecule has 0 spiro atoms. The molecule has 0 aromatic carbocycles. The van der Waals surface area contributed by atoms with Crippen molar-refractivity contribution in [3.05, 3.63) is 17.5 Å². The summed E-state index contributed by atoms with van der Waals surface area (Å²) in [5, 5.41) is 7.70. The molecule has 1 aliphatic heterocycles. The highest BCUT2D eigenvalue weighted by Crippen LogP contribution is 2.25. The van der Waals surface area contributed by atoms with Gasteiger partial charge in [-0.15, -0.1) is 0 Å². The van der Waals surface area contributed by atoms with Crippen LogP contribution in [-0.4, -0.2) is 36.2 Å². The standard InChI is InChI=1S/C12H21N3O2S/c1-3-5-13-7-11-8-14-15(10(11)2)12-4-6-18(16,17)9-12/h8,12-13H,3-7,9H2,1-2H3. The Morgan fingerprint density at radius 2 is 2.33 bits per heavy atom. The molecule has 1 atom stereocenters. The molecule has 1 aromatic rings. The van der Waals surface area contributed by atoms with Gasteiger partial charge in [-0.1, -0.05) is 6.92 Å². The van der Waals surface area contributed by atoms with Crippen molar-refractivity contribution in [2.24, 2.45) is 0 Å². The Kier molecular flexibility index (Phi) is 4.07. The van der Waals surface area contributed by atoms with Gasteiger partial charge in [0.2, 0.25) is 0 Å². The minimum atomic E-state index is -2.85. The normalized spacial score (nSPS) is 22.4. The third kappa shape index (κ3) is 2.92. The van der Waals surface area contributed by atoms with E-state index in [0.717, 1.165) is 30.8 Å². The SMILES string of the molecule is CCCNCc1cnn(C2CCS(=O)(=O)C2)c1C. The fraction of sp³-hybridized carbons (Fsp3) is 0.750. The summed E-state index contributed by atoms with van der Waals surface area (Å²) >= 11 is 0. The maximum Gasteiger partial charge on any atom is 0.152 e. The summed E-state index contributed by atoms with van der Waals surface area (Å²) in [6.45, 7) is 5.94. The predicted octanol–water partition coefficient (Wildman–Crippen LogP) is 1.05. The Morgan fingerprint density at radius 3 is 2.94 bits per heavy atom. The van der Waals surface area contributed by atoms with E-state index in [0.29, 0.717) is 12.2 Å². The lowest BCUT2D eigenvalue weighted by molar-refractivity contribution is 0.487. The van der Waals surface area contributed by atoms with Gasteiger partial charge in [0, 0.05) is 17.8 Å². The molecule has 0 amide bonds. The molecule has 2 rings (SSSR count). The first-order valence-corrected chi connectivity index (χ1v) is 8.29. The van der Waals surface area contributed by atoms with Gasteiger partial charge < -0.3 is 5.32 Å². The van der Waals surface area contributed by atoms with Crippen LogP contribution >= 0.6 is 0 Å².